The summed E-state index contributed by atoms with van der Waals surface area (Å²) in [4.78, 5) is 15.1. The average molecular weight is 491 g/mol. The van der Waals surface area contributed by atoms with E-state index in [-0.39, 0.29) is 17.8 Å². The molecule has 1 amide bonds. The molecule has 1 saturated heterocycles. The maximum absolute atomic E-state index is 13.8. The van der Waals surface area contributed by atoms with Crippen molar-refractivity contribution in [2.75, 3.05) is 18.4 Å². The van der Waals surface area contributed by atoms with Gasteiger partial charge < -0.3 is 5.32 Å². The monoisotopic (exact) mass is 490 g/mol. The number of aryl methyl sites for hydroxylation is 1. The van der Waals surface area contributed by atoms with Crippen LogP contribution in [0.25, 0.3) is 21.9 Å². The van der Waals surface area contributed by atoms with Gasteiger partial charge in [-0.25, -0.2) is 0 Å². The Labute approximate surface area is 207 Å². The van der Waals surface area contributed by atoms with Crippen molar-refractivity contribution in [2.45, 2.75) is 32.5 Å². The van der Waals surface area contributed by atoms with Gasteiger partial charge in [-0.3, -0.25) is 9.69 Å². The Hall–Kier alpha value is -3.78. The average Bonchev–Trinajstić information content (AvgIpc) is 3.37. The molecule has 2 heterocycles. The third-order valence-electron chi connectivity index (χ3n) is 6.62. The van der Waals surface area contributed by atoms with Crippen molar-refractivity contribution >= 4 is 22.4 Å². The first kappa shape index (κ1) is 23.9. The molecule has 0 atom stereocenters. The van der Waals surface area contributed by atoms with Crippen molar-refractivity contribution in [3.63, 3.8) is 0 Å². The highest BCUT2D eigenvalue weighted by Gasteiger charge is 2.34. The molecule has 0 unspecified atom stereocenters. The number of carbonyl (C=O) groups excluding carboxylic acids is 1. The van der Waals surface area contributed by atoms with Crippen LogP contribution in [0, 0.1) is 6.92 Å². The first-order valence-electron chi connectivity index (χ1n) is 11.8. The Kier molecular flexibility index (Phi) is 6.45. The number of benzene rings is 3. The van der Waals surface area contributed by atoms with Crippen LogP contribution < -0.4 is 5.32 Å². The van der Waals surface area contributed by atoms with Crippen LogP contribution in [0.5, 0.6) is 0 Å². The minimum atomic E-state index is -4.51. The van der Waals surface area contributed by atoms with Crippen LogP contribution in [0.1, 0.15) is 39.9 Å². The number of anilines is 1. The Balaban J connectivity index is 1.41. The maximum Gasteiger partial charge on any atom is 0.416 e. The van der Waals surface area contributed by atoms with E-state index >= 15 is 0 Å². The van der Waals surface area contributed by atoms with Crippen molar-refractivity contribution in [1.29, 1.82) is 0 Å². The smallest absolute Gasteiger partial charge is 0.322 e. The molecule has 0 spiro atoms. The lowest BCUT2D eigenvalue weighted by atomic mass is 9.96. The SMILES string of the molecule is Cc1ccc(C(=O)Nc2ccc(CN3CCCC3)c(C(F)(F)F)c2)cc1-c1ccc2cnncc2c1. The van der Waals surface area contributed by atoms with Crippen LogP contribution in [0.15, 0.2) is 67.0 Å². The van der Waals surface area contributed by atoms with Crippen LogP contribution in [-0.2, 0) is 12.7 Å². The van der Waals surface area contributed by atoms with Crippen LogP contribution in [-0.4, -0.2) is 34.1 Å². The van der Waals surface area contributed by atoms with Gasteiger partial charge in [-0.15, -0.1) is 0 Å². The molecule has 0 aliphatic carbocycles. The standard InChI is InChI=1S/C28H25F3N4O/c1-18-4-5-20(13-25(18)19-6-7-21-15-32-33-16-23(21)12-19)27(36)34-24-9-8-22(17-35-10-2-3-11-35)26(14-24)28(29,30)31/h4-9,12-16H,2-3,10-11,17H2,1H3,(H,34,36). The summed E-state index contributed by atoms with van der Waals surface area (Å²) >= 11 is 0. The van der Waals surface area contributed by atoms with Gasteiger partial charge in [0.1, 0.15) is 0 Å². The van der Waals surface area contributed by atoms with Gasteiger partial charge >= 0.3 is 6.18 Å². The Morgan fingerprint density at radius 3 is 2.44 bits per heavy atom. The summed E-state index contributed by atoms with van der Waals surface area (Å²) in [5, 5.41) is 12.3. The van der Waals surface area contributed by atoms with E-state index < -0.39 is 17.6 Å². The van der Waals surface area contributed by atoms with E-state index in [0.717, 1.165) is 59.5 Å². The number of alkyl halides is 3. The van der Waals surface area contributed by atoms with E-state index in [1.165, 1.54) is 12.1 Å². The molecular formula is C28H25F3N4O. The van der Waals surface area contributed by atoms with Crippen molar-refractivity contribution in [3.05, 3.63) is 89.2 Å². The lowest BCUT2D eigenvalue weighted by Crippen LogP contribution is -2.21. The Morgan fingerprint density at radius 2 is 1.69 bits per heavy atom. The number of halogens is 3. The molecule has 5 rings (SSSR count). The van der Waals surface area contributed by atoms with Crippen molar-refractivity contribution in [1.82, 2.24) is 15.1 Å². The number of amides is 1. The van der Waals surface area contributed by atoms with Crippen LogP contribution >= 0.6 is 0 Å². The second-order valence-corrected chi connectivity index (χ2v) is 9.17. The number of rotatable bonds is 5. The fourth-order valence-electron chi connectivity index (χ4n) is 4.68. The van der Waals surface area contributed by atoms with Gasteiger partial charge in [0.15, 0.2) is 0 Å². The third kappa shape index (κ3) is 5.09. The summed E-state index contributed by atoms with van der Waals surface area (Å²) in [7, 11) is 0. The Morgan fingerprint density at radius 1 is 0.944 bits per heavy atom. The van der Waals surface area contributed by atoms with Gasteiger partial charge in [-0.1, -0.05) is 24.3 Å². The van der Waals surface area contributed by atoms with Gasteiger partial charge in [0.2, 0.25) is 0 Å². The fourth-order valence-corrected chi connectivity index (χ4v) is 4.68. The molecule has 5 nitrogen and oxygen atoms in total. The summed E-state index contributed by atoms with van der Waals surface area (Å²) in [6.45, 7) is 3.80. The normalized spacial score (nSPS) is 14.3. The van der Waals surface area contributed by atoms with E-state index in [9.17, 15) is 18.0 Å². The minimum absolute atomic E-state index is 0.115. The maximum atomic E-state index is 13.8. The molecule has 3 aromatic carbocycles. The number of nitrogens with one attached hydrogen (secondary N) is 1. The third-order valence-corrected chi connectivity index (χ3v) is 6.62. The predicted molar refractivity (Wildman–Crippen MR) is 134 cm³/mol. The number of likely N-dealkylation sites (tertiary alicyclic amines) is 1. The number of nitrogens with zero attached hydrogens (tertiary/aromatic N) is 3. The van der Waals surface area contributed by atoms with E-state index in [2.05, 4.69) is 15.5 Å². The molecule has 8 heteroatoms. The number of aromatic nitrogens is 2. The zero-order valence-electron chi connectivity index (χ0n) is 19.8. The Bertz CT molecular complexity index is 1430. The van der Waals surface area contributed by atoms with Crippen LogP contribution in [0.2, 0.25) is 0 Å². The topological polar surface area (TPSA) is 58.1 Å². The number of carbonyl (C=O) groups is 1. The summed E-state index contributed by atoms with van der Waals surface area (Å²) in [6.07, 6.45) is 0.855. The molecule has 184 valence electrons. The summed E-state index contributed by atoms with van der Waals surface area (Å²) in [5.74, 6) is -0.469. The summed E-state index contributed by atoms with van der Waals surface area (Å²) < 4.78 is 41.5. The molecule has 1 aromatic heterocycles. The van der Waals surface area contributed by atoms with E-state index in [1.54, 1.807) is 24.5 Å². The summed E-state index contributed by atoms with van der Waals surface area (Å²) in [5.41, 5.74) is 2.73. The lowest BCUT2D eigenvalue weighted by Gasteiger charge is -2.20. The van der Waals surface area contributed by atoms with Crippen molar-refractivity contribution in [2.24, 2.45) is 0 Å². The zero-order valence-corrected chi connectivity index (χ0v) is 19.8. The zero-order chi connectivity index (χ0) is 25.3. The van der Waals surface area contributed by atoms with E-state index in [0.29, 0.717) is 5.56 Å². The molecule has 1 fully saturated rings. The number of hydrogen-bond acceptors (Lipinski definition) is 4. The highest BCUT2D eigenvalue weighted by molar-refractivity contribution is 6.05. The highest BCUT2D eigenvalue weighted by atomic mass is 19.4. The lowest BCUT2D eigenvalue weighted by molar-refractivity contribution is -0.138. The van der Waals surface area contributed by atoms with Crippen LogP contribution in [0.3, 0.4) is 0 Å². The molecule has 36 heavy (non-hydrogen) atoms. The van der Waals surface area contributed by atoms with Crippen LogP contribution in [0.4, 0.5) is 18.9 Å². The molecule has 0 radical (unpaired) electrons. The molecular weight excluding hydrogens is 465 g/mol. The molecule has 1 N–H and O–H groups in total. The van der Waals surface area contributed by atoms with Gasteiger partial charge in [-0.2, -0.15) is 23.4 Å². The number of hydrogen-bond donors (Lipinski definition) is 1. The molecule has 0 bridgehead atoms. The molecule has 1 aliphatic rings. The van der Waals surface area contributed by atoms with Gasteiger partial charge in [0, 0.05) is 28.6 Å². The molecule has 0 saturated carbocycles. The largest absolute Gasteiger partial charge is 0.416 e. The second-order valence-electron chi connectivity index (χ2n) is 9.17. The highest BCUT2D eigenvalue weighted by Crippen LogP contribution is 2.35. The fraction of sp³-hybridized carbons (Fsp3) is 0.250. The van der Waals surface area contributed by atoms with Crippen molar-refractivity contribution < 1.29 is 18.0 Å². The quantitative estimate of drug-likeness (QED) is 0.348. The molecule has 1 aliphatic heterocycles. The van der Waals surface area contributed by atoms with E-state index in [4.69, 9.17) is 0 Å². The first-order valence-corrected chi connectivity index (χ1v) is 11.8. The minimum Gasteiger partial charge on any atom is -0.322 e. The van der Waals surface area contributed by atoms with E-state index in [1.807, 2.05) is 36.1 Å². The molecule has 4 aromatic rings. The van der Waals surface area contributed by atoms with Gasteiger partial charge in [0.25, 0.3) is 5.91 Å². The first-order chi connectivity index (χ1) is 17.3. The summed E-state index contributed by atoms with van der Waals surface area (Å²) in [6, 6.07) is 15.2. The van der Waals surface area contributed by atoms with Crippen molar-refractivity contribution in [3.8, 4) is 11.1 Å². The number of fused-ring (bicyclic) bond motifs is 1. The van der Waals surface area contributed by atoms with Gasteiger partial charge in [0.05, 0.1) is 18.0 Å². The predicted octanol–water partition coefficient (Wildman–Crippen LogP) is 6.47. The second kappa shape index (κ2) is 9.70. The van der Waals surface area contributed by atoms with Gasteiger partial charge in [-0.05, 0) is 85.4 Å².